The van der Waals surface area contributed by atoms with Gasteiger partial charge < -0.3 is 5.73 Å². The summed E-state index contributed by atoms with van der Waals surface area (Å²) in [5.41, 5.74) is 6.04. The molecule has 0 radical (unpaired) electrons. The maximum absolute atomic E-state index is 12.9. The van der Waals surface area contributed by atoms with E-state index in [1.807, 2.05) is 6.92 Å². The number of hydrogen-bond acceptors (Lipinski definition) is 3. The van der Waals surface area contributed by atoms with Crippen LogP contribution in [0, 0.1) is 11.8 Å². The van der Waals surface area contributed by atoms with E-state index in [9.17, 15) is 8.42 Å². The Kier molecular flexibility index (Phi) is 4.33. The Bertz CT molecular complexity index is 583. The summed E-state index contributed by atoms with van der Waals surface area (Å²) in [4.78, 5) is 0.0369. The van der Waals surface area contributed by atoms with Gasteiger partial charge in [-0.05, 0) is 37.3 Å². The van der Waals surface area contributed by atoms with Gasteiger partial charge in [-0.2, -0.15) is 4.31 Å². The van der Waals surface area contributed by atoms with Crippen LogP contribution in [0.25, 0.3) is 0 Å². The molecule has 2 N–H and O–H groups in total. The second kappa shape index (κ2) is 5.54. The van der Waals surface area contributed by atoms with Crippen molar-refractivity contribution in [2.45, 2.75) is 38.1 Å². The van der Waals surface area contributed by atoms with E-state index in [4.69, 9.17) is 17.3 Å². The van der Waals surface area contributed by atoms with E-state index in [1.165, 1.54) is 0 Å². The molecule has 4 nitrogen and oxygen atoms in total. The molecule has 0 bridgehead atoms. The highest BCUT2D eigenvalue weighted by Gasteiger charge is 2.38. The van der Waals surface area contributed by atoms with Gasteiger partial charge in [-0.15, -0.1) is 0 Å². The molecule has 0 aromatic heterocycles. The lowest BCUT2D eigenvalue weighted by atomic mass is 9.88. The highest BCUT2D eigenvalue weighted by Crippen LogP contribution is 2.36. The first kappa shape index (κ1) is 15.6. The molecule has 3 unspecified atom stereocenters. The van der Waals surface area contributed by atoms with E-state index in [0.717, 1.165) is 6.42 Å². The molecule has 2 rings (SSSR count). The van der Waals surface area contributed by atoms with Crippen LogP contribution < -0.4 is 5.73 Å². The fourth-order valence-corrected chi connectivity index (χ4v) is 5.38. The third kappa shape index (κ3) is 2.67. The smallest absolute Gasteiger partial charge is 0.246 e. The zero-order valence-corrected chi connectivity index (χ0v) is 13.6. The summed E-state index contributed by atoms with van der Waals surface area (Å²) in [5, 5.41) is 0.183. The fourth-order valence-electron chi connectivity index (χ4n) is 2.90. The average molecular weight is 317 g/mol. The SMILES string of the molecule is CC1CC(C)C(C)N(S(=O)(=O)c2c(N)cccc2Cl)C1. The minimum atomic E-state index is -3.66. The van der Waals surface area contributed by atoms with E-state index in [0.29, 0.717) is 18.4 Å². The summed E-state index contributed by atoms with van der Waals surface area (Å²) in [6.07, 6.45) is 1.03. The van der Waals surface area contributed by atoms with Gasteiger partial charge in [-0.3, -0.25) is 0 Å². The minimum absolute atomic E-state index is 0.0369. The zero-order chi connectivity index (χ0) is 15.1. The van der Waals surface area contributed by atoms with E-state index in [1.54, 1.807) is 22.5 Å². The molecule has 1 heterocycles. The lowest BCUT2D eigenvalue weighted by Crippen LogP contribution is -2.48. The second-order valence-electron chi connectivity index (χ2n) is 5.79. The molecular formula is C14H21ClN2O2S. The highest BCUT2D eigenvalue weighted by atomic mass is 35.5. The summed E-state index contributed by atoms with van der Waals surface area (Å²) in [6.45, 7) is 6.61. The Labute approximate surface area is 126 Å². The minimum Gasteiger partial charge on any atom is -0.398 e. The molecule has 112 valence electrons. The van der Waals surface area contributed by atoms with Crippen LogP contribution in [0.5, 0.6) is 0 Å². The van der Waals surface area contributed by atoms with Crippen molar-refractivity contribution < 1.29 is 8.42 Å². The van der Waals surface area contributed by atoms with Gasteiger partial charge in [-0.25, -0.2) is 8.42 Å². The van der Waals surface area contributed by atoms with Crippen LogP contribution in [-0.2, 0) is 10.0 Å². The standard InChI is InChI=1S/C14H21ClN2O2S/c1-9-7-10(2)11(3)17(8-9)20(18,19)14-12(15)5-4-6-13(14)16/h4-6,9-11H,7-8,16H2,1-3H3. The van der Waals surface area contributed by atoms with Gasteiger partial charge in [0.2, 0.25) is 10.0 Å². The highest BCUT2D eigenvalue weighted by molar-refractivity contribution is 7.89. The molecule has 1 aromatic rings. The van der Waals surface area contributed by atoms with E-state index < -0.39 is 10.0 Å². The average Bonchev–Trinajstić information content (AvgIpc) is 2.33. The van der Waals surface area contributed by atoms with Gasteiger partial charge in [0.1, 0.15) is 4.90 Å². The molecule has 0 aliphatic carbocycles. The third-order valence-electron chi connectivity index (χ3n) is 4.11. The third-order valence-corrected chi connectivity index (χ3v) is 6.61. The molecule has 1 fully saturated rings. The molecule has 1 aliphatic heterocycles. The monoisotopic (exact) mass is 316 g/mol. The predicted molar refractivity (Wildman–Crippen MR) is 82.2 cm³/mol. The number of anilines is 1. The van der Waals surface area contributed by atoms with Gasteiger partial charge in [0.25, 0.3) is 0 Å². The first-order valence-electron chi connectivity index (χ1n) is 6.81. The Hall–Kier alpha value is -0.780. The number of nitrogens with zero attached hydrogens (tertiary/aromatic N) is 1. The first-order valence-corrected chi connectivity index (χ1v) is 8.62. The Morgan fingerprint density at radius 2 is 1.95 bits per heavy atom. The fraction of sp³-hybridized carbons (Fsp3) is 0.571. The number of halogens is 1. The van der Waals surface area contributed by atoms with Gasteiger partial charge in [0, 0.05) is 12.6 Å². The molecule has 6 heteroatoms. The molecule has 1 aromatic carbocycles. The summed E-state index contributed by atoms with van der Waals surface area (Å²) in [5.74, 6) is 0.650. The maximum Gasteiger partial charge on any atom is 0.246 e. The van der Waals surface area contributed by atoms with E-state index in [-0.39, 0.29) is 21.6 Å². The number of benzene rings is 1. The van der Waals surface area contributed by atoms with Crippen molar-refractivity contribution in [3.8, 4) is 0 Å². The van der Waals surface area contributed by atoms with E-state index in [2.05, 4.69) is 13.8 Å². The second-order valence-corrected chi connectivity index (χ2v) is 8.03. The lowest BCUT2D eigenvalue weighted by molar-refractivity contribution is 0.157. The summed E-state index contributed by atoms with van der Waals surface area (Å²) in [6, 6.07) is 4.74. The molecule has 0 amide bonds. The number of piperidine rings is 1. The predicted octanol–water partition coefficient (Wildman–Crippen LogP) is 2.98. The van der Waals surface area contributed by atoms with Crippen LogP contribution >= 0.6 is 11.6 Å². The number of nitrogens with two attached hydrogens (primary N) is 1. The topological polar surface area (TPSA) is 63.4 Å². The Morgan fingerprint density at radius 1 is 1.30 bits per heavy atom. The van der Waals surface area contributed by atoms with Crippen LogP contribution in [0.1, 0.15) is 27.2 Å². The molecule has 0 saturated carbocycles. The quantitative estimate of drug-likeness (QED) is 0.853. The van der Waals surface area contributed by atoms with Crippen molar-refractivity contribution >= 4 is 27.3 Å². The summed E-state index contributed by atoms with van der Waals surface area (Å²) >= 11 is 6.07. The van der Waals surface area contributed by atoms with Gasteiger partial charge in [0.05, 0.1) is 10.7 Å². The lowest BCUT2D eigenvalue weighted by Gasteiger charge is -2.40. The van der Waals surface area contributed by atoms with Crippen molar-refractivity contribution in [3.05, 3.63) is 23.2 Å². The van der Waals surface area contributed by atoms with Crippen LogP contribution in [0.15, 0.2) is 23.1 Å². The number of rotatable bonds is 2. The van der Waals surface area contributed by atoms with Gasteiger partial charge >= 0.3 is 0 Å². The summed E-state index contributed by atoms with van der Waals surface area (Å²) in [7, 11) is -3.66. The van der Waals surface area contributed by atoms with Crippen molar-refractivity contribution in [1.29, 1.82) is 0 Å². The van der Waals surface area contributed by atoms with Gasteiger partial charge in [-0.1, -0.05) is 31.5 Å². The zero-order valence-electron chi connectivity index (χ0n) is 12.0. The van der Waals surface area contributed by atoms with Crippen molar-refractivity contribution in [3.63, 3.8) is 0 Å². The van der Waals surface area contributed by atoms with Crippen molar-refractivity contribution in [2.75, 3.05) is 12.3 Å². The van der Waals surface area contributed by atoms with Crippen molar-refractivity contribution in [2.24, 2.45) is 11.8 Å². The summed E-state index contributed by atoms with van der Waals surface area (Å²) < 4.78 is 27.3. The Morgan fingerprint density at radius 3 is 2.55 bits per heavy atom. The van der Waals surface area contributed by atoms with Crippen LogP contribution in [0.3, 0.4) is 0 Å². The molecule has 1 aliphatic rings. The van der Waals surface area contributed by atoms with E-state index >= 15 is 0 Å². The number of sulfonamides is 1. The molecule has 3 atom stereocenters. The molecule has 0 spiro atoms. The number of hydrogen-bond donors (Lipinski definition) is 1. The largest absolute Gasteiger partial charge is 0.398 e. The number of nitrogen functional groups attached to an aromatic ring is 1. The van der Waals surface area contributed by atoms with Crippen LogP contribution in [0.2, 0.25) is 5.02 Å². The Balaban J connectivity index is 2.49. The molecule has 1 saturated heterocycles. The van der Waals surface area contributed by atoms with Crippen LogP contribution in [-0.4, -0.2) is 25.3 Å². The van der Waals surface area contributed by atoms with Gasteiger partial charge in [0.15, 0.2) is 0 Å². The first-order chi connectivity index (χ1) is 9.25. The molecular weight excluding hydrogens is 296 g/mol. The van der Waals surface area contributed by atoms with Crippen molar-refractivity contribution in [1.82, 2.24) is 4.31 Å². The molecule has 20 heavy (non-hydrogen) atoms. The normalized spacial score (nSPS) is 28.5. The van der Waals surface area contributed by atoms with Crippen LogP contribution in [0.4, 0.5) is 5.69 Å². The maximum atomic E-state index is 12.9.